The van der Waals surface area contributed by atoms with Crippen LogP contribution >= 0.6 is 15.9 Å². The number of benzene rings is 1. The zero-order valence-corrected chi connectivity index (χ0v) is 12.1. The fourth-order valence-corrected chi connectivity index (χ4v) is 1.78. The van der Waals surface area contributed by atoms with Gasteiger partial charge in [-0.2, -0.15) is 0 Å². The van der Waals surface area contributed by atoms with Gasteiger partial charge in [-0.25, -0.2) is 4.79 Å². The summed E-state index contributed by atoms with van der Waals surface area (Å²) in [6, 6.07) is 2.52. The highest BCUT2D eigenvalue weighted by atomic mass is 79.9. The Morgan fingerprint density at radius 3 is 2.33 bits per heavy atom. The molecule has 0 amide bonds. The average molecular weight is 371 g/mol. The Hall–Kier alpha value is -1.61. The summed E-state index contributed by atoms with van der Waals surface area (Å²) in [4.78, 5) is 22.0. The molecule has 2 N–H and O–H groups in total. The van der Waals surface area contributed by atoms with Crippen LogP contribution in [0, 0.1) is 0 Å². The Morgan fingerprint density at radius 2 is 1.90 bits per heavy atom. The number of hydrogen-bond acceptors (Lipinski definition) is 4. The quantitative estimate of drug-likeness (QED) is 0.614. The number of aliphatic hydroxyl groups excluding tert-OH is 1. The summed E-state index contributed by atoms with van der Waals surface area (Å²) < 4.78 is 40.1. The van der Waals surface area contributed by atoms with Gasteiger partial charge in [0.15, 0.2) is 11.9 Å². The van der Waals surface area contributed by atoms with Crippen LogP contribution in [-0.2, 0) is 4.79 Å². The van der Waals surface area contributed by atoms with Gasteiger partial charge in [-0.3, -0.25) is 4.79 Å². The third-order valence-corrected chi connectivity index (χ3v) is 2.83. The van der Waals surface area contributed by atoms with E-state index in [0.29, 0.717) is 6.07 Å². The van der Waals surface area contributed by atoms with E-state index in [9.17, 15) is 27.9 Å². The van der Waals surface area contributed by atoms with Crippen LogP contribution in [0.3, 0.4) is 0 Å². The summed E-state index contributed by atoms with van der Waals surface area (Å²) in [5.41, 5.74) is -0.677. The van der Waals surface area contributed by atoms with Gasteiger partial charge in [-0.05, 0) is 25.1 Å². The third-order valence-electron chi connectivity index (χ3n) is 2.41. The average Bonchev–Trinajstić information content (AvgIpc) is 2.34. The highest BCUT2D eigenvalue weighted by molar-refractivity contribution is 9.10. The molecule has 0 spiro atoms. The lowest BCUT2D eigenvalue weighted by Crippen LogP contribution is -2.20. The Labute approximate surface area is 125 Å². The van der Waals surface area contributed by atoms with Crippen molar-refractivity contribution in [2.45, 2.75) is 24.2 Å². The summed E-state index contributed by atoms with van der Waals surface area (Å²) in [6.45, 7) is 1.46. The smallest absolute Gasteiger partial charge is 0.479 e. The molecule has 9 heteroatoms. The number of alkyl halides is 4. The standard InChI is InChI=1S/C12H10BrF3O5/c1-5(13)9(17)7-3-2-6(21-12(14,15)16)4-8(7)10(18)11(19)20/h2-5,10,18H,1H3,(H,19,20). The van der Waals surface area contributed by atoms with Crippen LogP contribution in [0.2, 0.25) is 0 Å². The number of carbonyl (C=O) groups is 2. The second kappa shape index (κ2) is 6.44. The molecule has 1 aromatic carbocycles. The van der Waals surface area contributed by atoms with Gasteiger partial charge in [0.05, 0.1) is 4.83 Å². The van der Waals surface area contributed by atoms with E-state index < -0.39 is 40.4 Å². The predicted molar refractivity (Wildman–Crippen MR) is 68.4 cm³/mol. The van der Waals surface area contributed by atoms with E-state index in [2.05, 4.69) is 20.7 Å². The van der Waals surface area contributed by atoms with Gasteiger partial charge in [0, 0.05) is 11.1 Å². The highest BCUT2D eigenvalue weighted by Gasteiger charge is 2.32. The normalized spacial score (nSPS) is 14.4. The molecule has 2 atom stereocenters. The summed E-state index contributed by atoms with van der Waals surface area (Å²) in [5.74, 6) is -3.00. The molecule has 116 valence electrons. The van der Waals surface area contributed by atoms with Crippen LogP contribution in [0.25, 0.3) is 0 Å². The lowest BCUT2D eigenvalue weighted by atomic mass is 9.97. The summed E-state index contributed by atoms with van der Waals surface area (Å²) >= 11 is 2.97. The van der Waals surface area contributed by atoms with Crippen LogP contribution in [0.4, 0.5) is 13.2 Å². The molecular formula is C12H10BrF3O5. The molecule has 0 heterocycles. The molecule has 21 heavy (non-hydrogen) atoms. The largest absolute Gasteiger partial charge is 0.573 e. The van der Waals surface area contributed by atoms with E-state index >= 15 is 0 Å². The van der Waals surface area contributed by atoms with Crippen molar-refractivity contribution in [2.75, 3.05) is 0 Å². The van der Waals surface area contributed by atoms with Crippen molar-refractivity contribution in [3.05, 3.63) is 29.3 Å². The van der Waals surface area contributed by atoms with E-state index in [0.717, 1.165) is 12.1 Å². The van der Waals surface area contributed by atoms with E-state index in [1.165, 1.54) is 6.92 Å². The number of aliphatic carboxylic acids is 1. The first kappa shape index (κ1) is 17.4. The van der Waals surface area contributed by atoms with Crippen molar-refractivity contribution in [1.82, 2.24) is 0 Å². The number of ketones is 1. The van der Waals surface area contributed by atoms with Gasteiger partial charge >= 0.3 is 12.3 Å². The van der Waals surface area contributed by atoms with Gasteiger partial charge < -0.3 is 14.9 Å². The highest BCUT2D eigenvalue weighted by Crippen LogP contribution is 2.29. The minimum atomic E-state index is -4.97. The fourth-order valence-electron chi connectivity index (χ4n) is 1.54. The molecule has 0 radical (unpaired) electrons. The lowest BCUT2D eigenvalue weighted by molar-refractivity contribution is -0.274. The van der Waals surface area contributed by atoms with Gasteiger partial charge in [-0.15, -0.1) is 13.2 Å². The van der Waals surface area contributed by atoms with Crippen LogP contribution in [0.5, 0.6) is 5.75 Å². The van der Waals surface area contributed by atoms with Crippen LogP contribution in [0.1, 0.15) is 28.9 Å². The maximum absolute atomic E-state index is 12.1. The maximum Gasteiger partial charge on any atom is 0.573 e. The monoisotopic (exact) mass is 370 g/mol. The number of hydrogen-bond donors (Lipinski definition) is 2. The topological polar surface area (TPSA) is 83.8 Å². The molecule has 0 aliphatic rings. The molecule has 0 aliphatic carbocycles. The van der Waals surface area contributed by atoms with E-state index in [1.54, 1.807) is 0 Å². The zero-order chi connectivity index (χ0) is 16.4. The number of carboxylic acids is 1. The molecule has 0 aromatic heterocycles. The molecule has 1 aromatic rings. The van der Waals surface area contributed by atoms with Crippen molar-refractivity contribution in [1.29, 1.82) is 0 Å². The molecule has 1 rings (SSSR count). The number of aliphatic hydroxyl groups is 1. The number of ether oxygens (including phenoxy) is 1. The molecule has 5 nitrogen and oxygen atoms in total. The van der Waals surface area contributed by atoms with Crippen LogP contribution < -0.4 is 4.74 Å². The van der Waals surface area contributed by atoms with Crippen LogP contribution in [0.15, 0.2) is 18.2 Å². The number of Topliss-reactive ketones (excluding diaryl/α,β-unsaturated/α-hetero) is 1. The Kier molecular flexibility index (Phi) is 5.35. The first-order chi connectivity index (χ1) is 9.53. The number of carboxylic acid groups (broad SMARTS) is 1. The van der Waals surface area contributed by atoms with Crippen LogP contribution in [-0.4, -0.2) is 33.2 Å². The minimum absolute atomic E-state index is 0.205. The molecule has 0 saturated heterocycles. The third kappa shape index (κ3) is 4.71. The Morgan fingerprint density at radius 1 is 1.33 bits per heavy atom. The minimum Gasteiger partial charge on any atom is -0.479 e. The van der Waals surface area contributed by atoms with Gasteiger partial charge in [0.2, 0.25) is 0 Å². The predicted octanol–water partition coefficient (Wildman–Crippen LogP) is 2.67. The van der Waals surface area contributed by atoms with E-state index in [4.69, 9.17) is 5.11 Å². The lowest BCUT2D eigenvalue weighted by Gasteiger charge is -2.15. The van der Waals surface area contributed by atoms with Gasteiger partial charge in [0.1, 0.15) is 5.75 Å². The first-order valence-electron chi connectivity index (χ1n) is 5.51. The van der Waals surface area contributed by atoms with Crippen molar-refractivity contribution < 1.29 is 37.7 Å². The van der Waals surface area contributed by atoms with Gasteiger partial charge in [-0.1, -0.05) is 15.9 Å². The molecular weight excluding hydrogens is 361 g/mol. The number of rotatable bonds is 5. The summed E-state index contributed by atoms with van der Waals surface area (Å²) in [6.07, 6.45) is -7.12. The molecule has 0 fully saturated rings. The van der Waals surface area contributed by atoms with Crippen molar-refractivity contribution in [2.24, 2.45) is 0 Å². The SMILES string of the molecule is CC(Br)C(=O)c1ccc(OC(F)(F)F)cc1C(O)C(=O)O. The first-order valence-corrected chi connectivity index (χ1v) is 6.43. The van der Waals surface area contributed by atoms with Gasteiger partial charge in [0.25, 0.3) is 0 Å². The number of carbonyl (C=O) groups excluding carboxylic acids is 1. The number of halogens is 4. The van der Waals surface area contributed by atoms with Crippen molar-refractivity contribution >= 4 is 27.7 Å². The fraction of sp³-hybridized carbons (Fsp3) is 0.333. The van der Waals surface area contributed by atoms with Crippen molar-refractivity contribution in [3.63, 3.8) is 0 Å². The Balaban J connectivity index is 3.33. The maximum atomic E-state index is 12.1. The Bertz CT molecular complexity index is 556. The molecule has 2 unspecified atom stereocenters. The summed E-state index contributed by atoms with van der Waals surface area (Å²) in [5, 5.41) is 18.3. The second-order valence-electron chi connectivity index (χ2n) is 4.02. The zero-order valence-electron chi connectivity index (χ0n) is 10.5. The second-order valence-corrected chi connectivity index (χ2v) is 5.39. The molecule has 0 bridgehead atoms. The molecule has 0 saturated carbocycles. The van der Waals surface area contributed by atoms with E-state index in [1.807, 2.05) is 0 Å². The van der Waals surface area contributed by atoms with E-state index in [-0.39, 0.29) is 5.56 Å². The summed E-state index contributed by atoms with van der Waals surface area (Å²) in [7, 11) is 0. The van der Waals surface area contributed by atoms with Crippen molar-refractivity contribution in [3.8, 4) is 5.75 Å². The molecule has 0 aliphatic heterocycles.